The van der Waals surface area contributed by atoms with Crippen molar-refractivity contribution in [3.63, 3.8) is 0 Å². The molecular formula is C13H19NO3. The molecule has 0 aromatic heterocycles. The van der Waals surface area contributed by atoms with Gasteiger partial charge >= 0.3 is 0 Å². The van der Waals surface area contributed by atoms with Crippen LogP contribution in [0.3, 0.4) is 0 Å². The van der Waals surface area contributed by atoms with E-state index in [1.54, 1.807) is 19.2 Å². The fourth-order valence-corrected chi connectivity index (χ4v) is 1.50. The first-order valence-electron chi connectivity index (χ1n) is 5.76. The van der Waals surface area contributed by atoms with Gasteiger partial charge in [0.2, 0.25) is 5.91 Å². The van der Waals surface area contributed by atoms with E-state index in [1.165, 1.54) is 0 Å². The van der Waals surface area contributed by atoms with Crippen molar-refractivity contribution in [3.8, 4) is 5.75 Å². The summed E-state index contributed by atoms with van der Waals surface area (Å²) in [6, 6.07) is 7.08. The number of benzene rings is 1. The van der Waals surface area contributed by atoms with Gasteiger partial charge in [-0.15, -0.1) is 0 Å². The predicted molar refractivity (Wildman–Crippen MR) is 65.9 cm³/mol. The molecule has 0 saturated carbocycles. The van der Waals surface area contributed by atoms with Crippen LogP contribution in [0.2, 0.25) is 0 Å². The molecule has 0 bridgehead atoms. The molecular weight excluding hydrogens is 218 g/mol. The predicted octanol–water partition coefficient (Wildman–Crippen LogP) is 1.48. The second-order valence-electron chi connectivity index (χ2n) is 3.83. The molecule has 0 atom stereocenters. The van der Waals surface area contributed by atoms with Gasteiger partial charge in [-0.3, -0.25) is 4.79 Å². The Morgan fingerprint density at radius 2 is 2.18 bits per heavy atom. The van der Waals surface area contributed by atoms with E-state index < -0.39 is 0 Å². The van der Waals surface area contributed by atoms with Gasteiger partial charge in [0, 0.05) is 26.7 Å². The van der Waals surface area contributed by atoms with E-state index >= 15 is 0 Å². The standard InChI is InChI=1S/C13H19NO3/c1-17-10-4-9-14-13(16)8-7-11-5-2-3-6-12(11)15/h2-3,5-6,15H,4,7-10H2,1H3,(H,14,16). The van der Waals surface area contributed by atoms with E-state index in [4.69, 9.17) is 4.74 Å². The van der Waals surface area contributed by atoms with Crippen LogP contribution in [-0.4, -0.2) is 31.3 Å². The summed E-state index contributed by atoms with van der Waals surface area (Å²) in [6.07, 6.45) is 1.77. The Labute approximate surface area is 102 Å². The lowest BCUT2D eigenvalue weighted by Crippen LogP contribution is -2.25. The molecule has 1 rings (SSSR count). The Kier molecular flexibility index (Phi) is 6.10. The summed E-state index contributed by atoms with van der Waals surface area (Å²) in [7, 11) is 1.64. The third-order valence-electron chi connectivity index (χ3n) is 2.46. The Bertz CT molecular complexity index is 352. The first kappa shape index (κ1) is 13.5. The zero-order chi connectivity index (χ0) is 12.5. The summed E-state index contributed by atoms with van der Waals surface area (Å²) in [5, 5.41) is 12.3. The van der Waals surface area contributed by atoms with E-state index in [2.05, 4.69) is 5.32 Å². The van der Waals surface area contributed by atoms with Gasteiger partial charge in [-0.1, -0.05) is 18.2 Å². The molecule has 0 aliphatic rings. The highest BCUT2D eigenvalue weighted by molar-refractivity contribution is 5.76. The number of para-hydroxylation sites is 1. The van der Waals surface area contributed by atoms with Gasteiger partial charge in [-0.05, 0) is 24.5 Å². The molecule has 94 valence electrons. The van der Waals surface area contributed by atoms with Crippen molar-refractivity contribution in [1.29, 1.82) is 0 Å². The molecule has 1 amide bonds. The van der Waals surface area contributed by atoms with Crippen LogP contribution in [0.15, 0.2) is 24.3 Å². The van der Waals surface area contributed by atoms with Gasteiger partial charge in [0.05, 0.1) is 0 Å². The lowest BCUT2D eigenvalue weighted by Gasteiger charge is -2.06. The lowest BCUT2D eigenvalue weighted by atomic mass is 10.1. The van der Waals surface area contributed by atoms with E-state index in [1.807, 2.05) is 12.1 Å². The summed E-state index contributed by atoms with van der Waals surface area (Å²) < 4.78 is 4.88. The minimum absolute atomic E-state index is 0.00403. The van der Waals surface area contributed by atoms with Crippen LogP contribution < -0.4 is 5.32 Å². The number of hydrogen-bond acceptors (Lipinski definition) is 3. The molecule has 1 aromatic rings. The van der Waals surface area contributed by atoms with Crippen molar-refractivity contribution >= 4 is 5.91 Å². The minimum Gasteiger partial charge on any atom is -0.508 e. The number of amides is 1. The van der Waals surface area contributed by atoms with E-state index in [-0.39, 0.29) is 11.7 Å². The molecule has 4 nitrogen and oxygen atoms in total. The average Bonchev–Trinajstić information content (AvgIpc) is 2.34. The smallest absolute Gasteiger partial charge is 0.220 e. The molecule has 0 heterocycles. The number of ether oxygens (including phenoxy) is 1. The van der Waals surface area contributed by atoms with Crippen molar-refractivity contribution in [2.24, 2.45) is 0 Å². The molecule has 0 aliphatic heterocycles. The molecule has 1 aromatic carbocycles. The maximum Gasteiger partial charge on any atom is 0.220 e. The zero-order valence-corrected chi connectivity index (χ0v) is 10.1. The zero-order valence-electron chi connectivity index (χ0n) is 10.1. The van der Waals surface area contributed by atoms with E-state index in [0.717, 1.165) is 12.0 Å². The molecule has 4 heteroatoms. The molecule has 0 unspecified atom stereocenters. The topological polar surface area (TPSA) is 58.6 Å². The normalized spacial score (nSPS) is 10.2. The van der Waals surface area contributed by atoms with Gasteiger partial charge in [0.15, 0.2) is 0 Å². The first-order chi connectivity index (χ1) is 8.24. The van der Waals surface area contributed by atoms with Crippen LogP contribution in [0.1, 0.15) is 18.4 Å². The maximum atomic E-state index is 11.5. The summed E-state index contributed by atoms with van der Waals surface area (Å²) in [4.78, 5) is 11.5. The first-order valence-corrected chi connectivity index (χ1v) is 5.76. The molecule has 2 N–H and O–H groups in total. The average molecular weight is 237 g/mol. The highest BCUT2D eigenvalue weighted by Gasteiger charge is 2.04. The van der Waals surface area contributed by atoms with Crippen LogP contribution in [-0.2, 0) is 16.0 Å². The highest BCUT2D eigenvalue weighted by atomic mass is 16.5. The van der Waals surface area contributed by atoms with Gasteiger partial charge in [-0.2, -0.15) is 0 Å². The van der Waals surface area contributed by atoms with Crippen LogP contribution in [0.4, 0.5) is 0 Å². The van der Waals surface area contributed by atoms with Crippen molar-refractivity contribution in [2.75, 3.05) is 20.3 Å². The summed E-state index contributed by atoms with van der Waals surface area (Å²) >= 11 is 0. The van der Waals surface area contributed by atoms with Crippen LogP contribution in [0, 0.1) is 0 Å². The molecule has 0 fully saturated rings. The number of phenols is 1. The summed E-state index contributed by atoms with van der Waals surface area (Å²) in [5.41, 5.74) is 0.805. The molecule has 0 saturated heterocycles. The van der Waals surface area contributed by atoms with Gasteiger partial charge < -0.3 is 15.2 Å². The molecule has 0 spiro atoms. The van der Waals surface area contributed by atoms with Crippen molar-refractivity contribution in [1.82, 2.24) is 5.32 Å². The summed E-state index contributed by atoms with van der Waals surface area (Å²) in [5.74, 6) is 0.254. The molecule has 0 radical (unpaired) electrons. The van der Waals surface area contributed by atoms with E-state index in [9.17, 15) is 9.90 Å². The number of methoxy groups -OCH3 is 1. The number of phenolic OH excluding ortho intramolecular Hbond substituents is 1. The number of nitrogens with one attached hydrogen (secondary N) is 1. The van der Waals surface area contributed by atoms with Gasteiger partial charge in [0.1, 0.15) is 5.75 Å². The van der Waals surface area contributed by atoms with Crippen molar-refractivity contribution < 1.29 is 14.6 Å². The van der Waals surface area contributed by atoms with Gasteiger partial charge in [0.25, 0.3) is 0 Å². The quantitative estimate of drug-likeness (QED) is 0.706. The van der Waals surface area contributed by atoms with Crippen LogP contribution in [0.25, 0.3) is 0 Å². The third-order valence-corrected chi connectivity index (χ3v) is 2.46. The fourth-order valence-electron chi connectivity index (χ4n) is 1.50. The van der Waals surface area contributed by atoms with Gasteiger partial charge in [-0.25, -0.2) is 0 Å². The van der Waals surface area contributed by atoms with Crippen LogP contribution >= 0.6 is 0 Å². The number of carbonyl (C=O) groups excluding carboxylic acids is 1. The fraction of sp³-hybridized carbons (Fsp3) is 0.462. The Balaban J connectivity index is 2.22. The van der Waals surface area contributed by atoms with Crippen molar-refractivity contribution in [3.05, 3.63) is 29.8 Å². The minimum atomic E-state index is 0.00403. The Hall–Kier alpha value is -1.55. The third kappa shape index (κ3) is 5.36. The molecule has 0 aliphatic carbocycles. The monoisotopic (exact) mass is 237 g/mol. The number of carbonyl (C=O) groups is 1. The Morgan fingerprint density at radius 3 is 2.88 bits per heavy atom. The van der Waals surface area contributed by atoms with Crippen molar-refractivity contribution in [2.45, 2.75) is 19.3 Å². The number of rotatable bonds is 7. The highest BCUT2D eigenvalue weighted by Crippen LogP contribution is 2.16. The largest absolute Gasteiger partial charge is 0.508 e. The summed E-state index contributed by atoms with van der Waals surface area (Å²) in [6.45, 7) is 1.28. The van der Waals surface area contributed by atoms with E-state index in [0.29, 0.717) is 26.0 Å². The number of aryl methyl sites for hydroxylation is 1. The number of hydrogen-bond donors (Lipinski definition) is 2. The SMILES string of the molecule is COCCCNC(=O)CCc1ccccc1O. The van der Waals surface area contributed by atoms with Crippen LogP contribution in [0.5, 0.6) is 5.75 Å². The second kappa shape index (κ2) is 7.68. The molecule has 17 heavy (non-hydrogen) atoms. The maximum absolute atomic E-state index is 11.5. The second-order valence-corrected chi connectivity index (χ2v) is 3.83. The lowest BCUT2D eigenvalue weighted by molar-refractivity contribution is -0.121. The Morgan fingerprint density at radius 1 is 1.41 bits per heavy atom. The number of aromatic hydroxyl groups is 1.